The van der Waals surface area contributed by atoms with Gasteiger partial charge in [-0.3, -0.25) is 4.79 Å². The highest BCUT2D eigenvalue weighted by molar-refractivity contribution is 7.08. The minimum Gasteiger partial charge on any atom is -0.481 e. The fourth-order valence-electron chi connectivity index (χ4n) is 2.40. The van der Waals surface area contributed by atoms with E-state index in [2.05, 4.69) is 25.3 Å². The molecule has 0 spiro atoms. The third-order valence-electron chi connectivity index (χ3n) is 3.63. The SMILES string of the molecule is COc1ccc(NC(=O)c2ccnc3[nH]c(-c4ccsc4)nc23)cn1. The van der Waals surface area contributed by atoms with Gasteiger partial charge in [0.25, 0.3) is 5.91 Å². The smallest absolute Gasteiger partial charge is 0.258 e. The van der Waals surface area contributed by atoms with Crippen molar-refractivity contribution in [3.8, 4) is 17.3 Å². The fraction of sp³-hybridized carbons (Fsp3) is 0.0588. The molecular weight excluding hydrogens is 338 g/mol. The number of aromatic amines is 1. The molecule has 2 N–H and O–H groups in total. The number of H-pyrrole nitrogens is 1. The lowest BCUT2D eigenvalue weighted by Gasteiger charge is -2.06. The number of anilines is 1. The molecule has 0 aromatic carbocycles. The van der Waals surface area contributed by atoms with Crippen molar-refractivity contribution in [3.05, 3.63) is 53.0 Å². The molecule has 4 heterocycles. The van der Waals surface area contributed by atoms with Crippen LogP contribution in [-0.4, -0.2) is 33.0 Å². The maximum Gasteiger partial charge on any atom is 0.258 e. The van der Waals surface area contributed by atoms with Gasteiger partial charge < -0.3 is 15.0 Å². The molecule has 8 heteroatoms. The Morgan fingerprint density at radius 1 is 1.24 bits per heavy atom. The number of pyridine rings is 2. The Morgan fingerprint density at radius 3 is 2.88 bits per heavy atom. The Morgan fingerprint density at radius 2 is 2.16 bits per heavy atom. The van der Waals surface area contributed by atoms with Crippen LogP contribution in [-0.2, 0) is 0 Å². The van der Waals surface area contributed by atoms with Gasteiger partial charge in [-0.15, -0.1) is 0 Å². The number of carbonyl (C=O) groups excluding carboxylic acids is 1. The number of nitrogens with zero attached hydrogens (tertiary/aromatic N) is 3. The molecule has 124 valence electrons. The molecule has 4 aromatic heterocycles. The van der Waals surface area contributed by atoms with Crippen LogP contribution >= 0.6 is 11.3 Å². The summed E-state index contributed by atoms with van der Waals surface area (Å²) in [5.41, 5.74) is 3.08. The van der Waals surface area contributed by atoms with E-state index in [1.54, 1.807) is 35.7 Å². The number of ether oxygens (including phenoxy) is 1. The molecular formula is C17H13N5O2S. The van der Waals surface area contributed by atoms with Crippen molar-refractivity contribution in [1.82, 2.24) is 19.9 Å². The molecule has 0 bridgehead atoms. The zero-order chi connectivity index (χ0) is 17.2. The van der Waals surface area contributed by atoms with Crippen LogP contribution in [0.15, 0.2) is 47.4 Å². The monoisotopic (exact) mass is 351 g/mol. The van der Waals surface area contributed by atoms with E-state index in [1.165, 1.54) is 13.3 Å². The quantitative estimate of drug-likeness (QED) is 0.588. The number of aromatic nitrogens is 4. The summed E-state index contributed by atoms with van der Waals surface area (Å²) in [5, 5.41) is 6.77. The van der Waals surface area contributed by atoms with E-state index >= 15 is 0 Å². The van der Waals surface area contributed by atoms with Crippen molar-refractivity contribution in [3.63, 3.8) is 0 Å². The second-order valence-corrected chi connectivity index (χ2v) is 5.98. The number of nitrogens with one attached hydrogen (secondary N) is 2. The summed E-state index contributed by atoms with van der Waals surface area (Å²) >= 11 is 1.58. The van der Waals surface area contributed by atoms with E-state index in [9.17, 15) is 4.79 Å². The number of thiophene rings is 1. The van der Waals surface area contributed by atoms with Gasteiger partial charge in [0.2, 0.25) is 5.88 Å². The molecule has 4 rings (SSSR count). The Bertz CT molecular complexity index is 1030. The first-order valence-electron chi connectivity index (χ1n) is 7.43. The van der Waals surface area contributed by atoms with Gasteiger partial charge in [0, 0.05) is 23.2 Å². The highest BCUT2D eigenvalue weighted by Crippen LogP contribution is 2.24. The van der Waals surface area contributed by atoms with Gasteiger partial charge in [-0.25, -0.2) is 15.0 Å². The third-order valence-corrected chi connectivity index (χ3v) is 4.31. The van der Waals surface area contributed by atoms with Gasteiger partial charge in [-0.1, -0.05) is 0 Å². The second kappa shape index (κ2) is 6.33. The van der Waals surface area contributed by atoms with Gasteiger partial charge >= 0.3 is 0 Å². The van der Waals surface area contributed by atoms with E-state index in [0.29, 0.717) is 34.1 Å². The summed E-state index contributed by atoms with van der Waals surface area (Å²) in [6, 6.07) is 7.02. The molecule has 0 aliphatic heterocycles. The van der Waals surface area contributed by atoms with Gasteiger partial charge in [0.1, 0.15) is 11.3 Å². The van der Waals surface area contributed by atoms with E-state index in [4.69, 9.17) is 4.74 Å². The van der Waals surface area contributed by atoms with Gasteiger partial charge in [0.15, 0.2) is 5.65 Å². The topological polar surface area (TPSA) is 92.8 Å². The molecule has 0 unspecified atom stereocenters. The van der Waals surface area contributed by atoms with Crippen molar-refractivity contribution in [2.75, 3.05) is 12.4 Å². The van der Waals surface area contributed by atoms with Gasteiger partial charge in [-0.2, -0.15) is 11.3 Å². The largest absolute Gasteiger partial charge is 0.481 e. The minimum absolute atomic E-state index is 0.275. The lowest BCUT2D eigenvalue weighted by molar-refractivity contribution is 0.102. The zero-order valence-corrected chi connectivity index (χ0v) is 14.0. The fourth-order valence-corrected chi connectivity index (χ4v) is 3.04. The summed E-state index contributed by atoms with van der Waals surface area (Å²) < 4.78 is 5.01. The minimum atomic E-state index is -0.275. The standard InChI is InChI=1S/C17H13N5O2S/c1-24-13-3-2-11(8-19-13)20-17(23)12-4-6-18-16-14(12)21-15(22-16)10-5-7-25-9-10/h2-9H,1H3,(H,20,23)(H,18,21,22). The van der Waals surface area contributed by atoms with Crippen molar-refractivity contribution in [2.45, 2.75) is 0 Å². The molecule has 0 saturated heterocycles. The third kappa shape index (κ3) is 2.94. The Labute approximate surface area is 146 Å². The first-order valence-corrected chi connectivity index (χ1v) is 8.37. The van der Waals surface area contributed by atoms with Crippen molar-refractivity contribution < 1.29 is 9.53 Å². The summed E-state index contributed by atoms with van der Waals surface area (Å²) in [4.78, 5) is 28.6. The number of amides is 1. The van der Waals surface area contributed by atoms with Crippen LogP contribution in [0.25, 0.3) is 22.6 Å². The molecule has 0 saturated carbocycles. The predicted molar refractivity (Wildman–Crippen MR) is 95.9 cm³/mol. The lowest BCUT2D eigenvalue weighted by atomic mass is 10.2. The van der Waals surface area contributed by atoms with Crippen LogP contribution < -0.4 is 10.1 Å². The number of fused-ring (bicyclic) bond motifs is 1. The molecule has 7 nitrogen and oxygen atoms in total. The first-order chi connectivity index (χ1) is 12.2. The van der Waals surface area contributed by atoms with Crippen LogP contribution in [0.5, 0.6) is 5.88 Å². The van der Waals surface area contributed by atoms with Crippen LogP contribution in [0.1, 0.15) is 10.4 Å². The van der Waals surface area contributed by atoms with E-state index in [-0.39, 0.29) is 5.91 Å². The lowest BCUT2D eigenvalue weighted by Crippen LogP contribution is -2.12. The normalized spacial score (nSPS) is 10.8. The van der Waals surface area contributed by atoms with E-state index in [0.717, 1.165) is 5.56 Å². The molecule has 1 amide bonds. The Hall–Kier alpha value is -3.26. The van der Waals surface area contributed by atoms with Crippen LogP contribution in [0.3, 0.4) is 0 Å². The average Bonchev–Trinajstić information content (AvgIpc) is 3.31. The number of imidazole rings is 1. The predicted octanol–water partition coefficient (Wildman–Crippen LogP) is 3.34. The maximum atomic E-state index is 12.6. The maximum absolute atomic E-state index is 12.6. The van der Waals surface area contributed by atoms with Crippen molar-refractivity contribution >= 4 is 34.1 Å². The molecule has 0 atom stereocenters. The Balaban J connectivity index is 1.66. The van der Waals surface area contributed by atoms with Crippen molar-refractivity contribution in [1.29, 1.82) is 0 Å². The molecule has 0 radical (unpaired) electrons. The van der Waals surface area contributed by atoms with Crippen LogP contribution in [0.2, 0.25) is 0 Å². The van der Waals surface area contributed by atoms with Crippen LogP contribution in [0.4, 0.5) is 5.69 Å². The zero-order valence-electron chi connectivity index (χ0n) is 13.2. The number of hydrogen-bond acceptors (Lipinski definition) is 6. The summed E-state index contributed by atoms with van der Waals surface area (Å²) in [5.74, 6) is 0.898. The van der Waals surface area contributed by atoms with E-state index in [1.807, 2.05) is 16.8 Å². The van der Waals surface area contributed by atoms with Crippen LogP contribution in [0, 0.1) is 0 Å². The summed E-state index contributed by atoms with van der Waals surface area (Å²) in [6.07, 6.45) is 3.12. The number of carbonyl (C=O) groups is 1. The molecule has 4 aromatic rings. The average molecular weight is 351 g/mol. The van der Waals surface area contributed by atoms with E-state index < -0.39 is 0 Å². The summed E-state index contributed by atoms with van der Waals surface area (Å²) in [6.45, 7) is 0. The second-order valence-electron chi connectivity index (χ2n) is 5.20. The first kappa shape index (κ1) is 15.3. The number of rotatable bonds is 4. The number of methoxy groups -OCH3 is 1. The summed E-state index contributed by atoms with van der Waals surface area (Å²) in [7, 11) is 1.54. The number of hydrogen-bond donors (Lipinski definition) is 2. The van der Waals surface area contributed by atoms with Gasteiger partial charge in [0.05, 0.1) is 24.6 Å². The molecule has 0 aliphatic rings. The highest BCUT2D eigenvalue weighted by atomic mass is 32.1. The molecule has 25 heavy (non-hydrogen) atoms. The Kier molecular flexibility index (Phi) is 3.87. The van der Waals surface area contributed by atoms with Crippen molar-refractivity contribution in [2.24, 2.45) is 0 Å². The highest BCUT2D eigenvalue weighted by Gasteiger charge is 2.16. The van der Waals surface area contributed by atoms with Gasteiger partial charge in [-0.05, 0) is 23.6 Å². The molecule has 0 fully saturated rings. The molecule has 0 aliphatic carbocycles.